The largest absolute Gasteiger partial charge is 0.473 e. The summed E-state index contributed by atoms with van der Waals surface area (Å²) in [5, 5.41) is 8.81. The minimum atomic E-state index is -1.63. The van der Waals surface area contributed by atoms with E-state index in [0.29, 0.717) is 17.7 Å². The number of aryl methyl sites for hydroxylation is 1. The van der Waals surface area contributed by atoms with E-state index < -0.39 is 11.9 Å². The predicted octanol–water partition coefficient (Wildman–Crippen LogP) is 3.61. The number of carboxylic acid groups (broad SMARTS) is 1. The first kappa shape index (κ1) is 16.8. The summed E-state index contributed by atoms with van der Waals surface area (Å²) in [5.41, 5.74) is 3.67. The van der Waals surface area contributed by atoms with E-state index in [0.717, 1.165) is 16.7 Å². The van der Waals surface area contributed by atoms with Crippen molar-refractivity contribution in [3.63, 3.8) is 0 Å². The van der Waals surface area contributed by atoms with Crippen molar-refractivity contribution in [2.24, 2.45) is 0 Å². The molecule has 2 aromatic rings. The molecule has 1 heterocycles. The van der Waals surface area contributed by atoms with Crippen molar-refractivity contribution in [2.75, 3.05) is 0 Å². The zero-order valence-corrected chi connectivity index (χ0v) is 14.0. The second kappa shape index (κ2) is 6.81. The van der Waals surface area contributed by atoms with Crippen LogP contribution in [0.5, 0.6) is 11.5 Å². The van der Waals surface area contributed by atoms with Crippen LogP contribution < -0.4 is 9.47 Å². The minimum absolute atomic E-state index is 0.0684. The molecule has 1 atom stereocenters. The first-order chi connectivity index (χ1) is 12.0. The Hall–Kier alpha value is -3.08. The lowest BCUT2D eigenvalue weighted by molar-refractivity contribution is -0.158. The van der Waals surface area contributed by atoms with Crippen LogP contribution in [-0.2, 0) is 16.0 Å². The zero-order valence-electron chi connectivity index (χ0n) is 14.0. The molecule has 5 nitrogen and oxygen atoms in total. The molecule has 1 aliphatic rings. The summed E-state index contributed by atoms with van der Waals surface area (Å²) in [4.78, 5) is 22.3. The van der Waals surface area contributed by atoms with Crippen LogP contribution in [0.2, 0.25) is 0 Å². The Morgan fingerprint density at radius 3 is 2.60 bits per heavy atom. The van der Waals surface area contributed by atoms with Crippen molar-refractivity contribution in [3.8, 4) is 11.5 Å². The average molecular weight is 338 g/mol. The van der Waals surface area contributed by atoms with Crippen LogP contribution in [0.15, 0.2) is 54.3 Å². The van der Waals surface area contributed by atoms with Crippen LogP contribution in [0.4, 0.5) is 0 Å². The topological polar surface area (TPSA) is 72.8 Å². The van der Waals surface area contributed by atoms with E-state index in [-0.39, 0.29) is 11.7 Å². The van der Waals surface area contributed by atoms with Crippen molar-refractivity contribution in [3.05, 3.63) is 71.0 Å². The van der Waals surface area contributed by atoms with Gasteiger partial charge >= 0.3 is 11.9 Å². The Morgan fingerprint density at radius 2 is 1.92 bits per heavy atom. The SMILES string of the molecule is Cc1cc2c(c(OC(=O)C(=O)O)c1)C(C)C(Cc1ccccc1)=CO2. The molecule has 3 rings (SSSR count). The van der Waals surface area contributed by atoms with Gasteiger partial charge in [0.1, 0.15) is 11.5 Å². The molecule has 0 spiro atoms. The van der Waals surface area contributed by atoms with Crippen LogP contribution in [0.1, 0.15) is 29.5 Å². The van der Waals surface area contributed by atoms with Gasteiger partial charge in [-0.2, -0.15) is 0 Å². The van der Waals surface area contributed by atoms with E-state index in [9.17, 15) is 9.59 Å². The second-order valence-electron chi connectivity index (χ2n) is 6.06. The molecule has 1 N–H and O–H groups in total. The highest BCUT2D eigenvalue weighted by Gasteiger charge is 2.28. The lowest BCUT2D eigenvalue weighted by Crippen LogP contribution is -2.21. The molecule has 25 heavy (non-hydrogen) atoms. The van der Waals surface area contributed by atoms with Gasteiger partial charge in [-0.15, -0.1) is 0 Å². The quantitative estimate of drug-likeness (QED) is 0.526. The van der Waals surface area contributed by atoms with Crippen molar-refractivity contribution in [1.82, 2.24) is 0 Å². The third-order valence-corrected chi connectivity index (χ3v) is 4.20. The Balaban J connectivity index is 1.94. The number of carbonyl (C=O) groups is 2. The molecule has 0 aliphatic carbocycles. The van der Waals surface area contributed by atoms with Crippen molar-refractivity contribution in [1.29, 1.82) is 0 Å². The molecule has 0 amide bonds. The van der Waals surface area contributed by atoms with Gasteiger partial charge in [0.15, 0.2) is 0 Å². The predicted molar refractivity (Wildman–Crippen MR) is 91.7 cm³/mol. The van der Waals surface area contributed by atoms with Gasteiger partial charge in [-0.3, -0.25) is 0 Å². The highest BCUT2D eigenvalue weighted by Crippen LogP contribution is 2.43. The van der Waals surface area contributed by atoms with Gasteiger partial charge in [0.05, 0.1) is 6.26 Å². The number of allylic oxidation sites excluding steroid dienone is 1. The van der Waals surface area contributed by atoms with E-state index in [4.69, 9.17) is 14.6 Å². The standard InChI is InChI=1S/C20H18O5/c1-12-8-16-18(17(9-12)25-20(23)19(21)22)13(2)15(11-24-16)10-14-6-4-3-5-7-14/h3-9,11,13H,10H2,1-2H3,(H,21,22). The maximum atomic E-state index is 11.5. The van der Waals surface area contributed by atoms with Crippen LogP contribution in [0, 0.1) is 6.92 Å². The summed E-state index contributed by atoms with van der Waals surface area (Å²) in [6.07, 6.45) is 2.42. The van der Waals surface area contributed by atoms with Crippen molar-refractivity contribution < 1.29 is 24.2 Å². The maximum Gasteiger partial charge on any atom is 0.422 e. The van der Waals surface area contributed by atoms with E-state index in [1.807, 2.05) is 50.2 Å². The molecule has 0 fully saturated rings. The lowest BCUT2D eigenvalue weighted by Gasteiger charge is -2.26. The average Bonchev–Trinajstić information content (AvgIpc) is 2.58. The third-order valence-electron chi connectivity index (χ3n) is 4.20. The van der Waals surface area contributed by atoms with Gasteiger partial charge in [0.2, 0.25) is 0 Å². The van der Waals surface area contributed by atoms with Crippen LogP contribution in [0.3, 0.4) is 0 Å². The zero-order chi connectivity index (χ0) is 18.0. The molecule has 1 unspecified atom stereocenters. The molecule has 0 radical (unpaired) electrons. The molecule has 0 saturated carbocycles. The highest BCUT2D eigenvalue weighted by molar-refractivity contribution is 6.29. The van der Waals surface area contributed by atoms with Gasteiger partial charge in [-0.1, -0.05) is 37.3 Å². The third kappa shape index (κ3) is 3.55. The van der Waals surface area contributed by atoms with E-state index >= 15 is 0 Å². The van der Waals surface area contributed by atoms with Gasteiger partial charge < -0.3 is 14.6 Å². The van der Waals surface area contributed by atoms with E-state index in [1.54, 1.807) is 12.3 Å². The van der Waals surface area contributed by atoms with Gasteiger partial charge in [-0.25, -0.2) is 9.59 Å². The number of benzene rings is 2. The summed E-state index contributed by atoms with van der Waals surface area (Å²) >= 11 is 0. The number of hydrogen-bond donors (Lipinski definition) is 1. The Labute approximate surface area is 145 Å². The molecule has 0 bridgehead atoms. The van der Waals surface area contributed by atoms with E-state index in [1.165, 1.54) is 0 Å². The lowest BCUT2D eigenvalue weighted by atomic mass is 9.86. The number of fused-ring (bicyclic) bond motifs is 1. The minimum Gasteiger partial charge on any atom is -0.473 e. The monoisotopic (exact) mass is 338 g/mol. The number of esters is 1. The molecule has 2 aromatic carbocycles. The summed E-state index contributed by atoms with van der Waals surface area (Å²) in [5.74, 6) is -2.19. The summed E-state index contributed by atoms with van der Waals surface area (Å²) < 4.78 is 10.8. The fraction of sp³-hybridized carbons (Fsp3) is 0.200. The summed E-state index contributed by atoms with van der Waals surface area (Å²) in [6, 6.07) is 13.5. The first-order valence-electron chi connectivity index (χ1n) is 7.95. The van der Waals surface area contributed by atoms with Crippen molar-refractivity contribution in [2.45, 2.75) is 26.2 Å². The summed E-state index contributed by atoms with van der Waals surface area (Å²) in [6.45, 7) is 3.82. The normalized spacial score (nSPS) is 15.6. The Bertz CT molecular complexity index is 852. The van der Waals surface area contributed by atoms with Gasteiger partial charge in [-0.05, 0) is 42.2 Å². The highest BCUT2D eigenvalue weighted by atomic mass is 16.6. The molecule has 0 saturated heterocycles. The molecule has 128 valence electrons. The van der Waals surface area contributed by atoms with Gasteiger partial charge in [0, 0.05) is 11.5 Å². The molecule has 5 heteroatoms. The van der Waals surface area contributed by atoms with Crippen LogP contribution >= 0.6 is 0 Å². The first-order valence-corrected chi connectivity index (χ1v) is 7.95. The molecular formula is C20H18O5. The van der Waals surface area contributed by atoms with Crippen molar-refractivity contribution >= 4 is 11.9 Å². The fourth-order valence-corrected chi connectivity index (χ4v) is 2.94. The van der Waals surface area contributed by atoms with E-state index in [2.05, 4.69) is 0 Å². The number of carbonyl (C=O) groups excluding carboxylic acids is 1. The second-order valence-corrected chi connectivity index (χ2v) is 6.06. The number of carboxylic acids is 1. The fourth-order valence-electron chi connectivity index (χ4n) is 2.94. The molecule has 0 aromatic heterocycles. The molecule has 1 aliphatic heterocycles. The van der Waals surface area contributed by atoms with Crippen LogP contribution in [0.25, 0.3) is 0 Å². The van der Waals surface area contributed by atoms with Gasteiger partial charge in [0.25, 0.3) is 0 Å². The molecular weight excluding hydrogens is 320 g/mol. The summed E-state index contributed by atoms with van der Waals surface area (Å²) in [7, 11) is 0. The smallest absolute Gasteiger partial charge is 0.422 e. The maximum absolute atomic E-state index is 11.5. The van der Waals surface area contributed by atoms with Crippen LogP contribution in [-0.4, -0.2) is 17.0 Å². The number of hydrogen-bond acceptors (Lipinski definition) is 4. The Kier molecular flexibility index (Phi) is 4.57. The number of rotatable bonds is 3. The number of ether oxygens (including phenoxy) is 2. The Morgan fingerprint density at radius 1 is 1.20 bits per heavy atom. The number of aliphatic carboxylic acids is 1.